The Bertz CT molecular complexity index is 395. The van der Waals surface area contributed by atoms with Crippen molar-refractivity contribution in [1.82, 2.24) is 9.97 Å². The van der Waals surface area contributed by atoms with Crippen LogP contribution in [0.5, 0.6) is 5.88 Å². The van der Waals surface area contributed by atoms with Crippen molar-refractivity contribution in [3.8, 4) is 5.88 Å². The molecule has 0 aliphatic carbocycles. The van der Waals surface area contributed by atoms with Crippen molar-refractivity contribution in [1.29, 1.82) is 0 Å². The maximum atomic E-state index is 5.71. The Balaban J connectivity index is 2.14. The van der Waals surface area contributed by atoms with Crippen molar-refractivity contribution in [2.24, 2.45) is 5.73 Å². The molecule has 0 saturated carbocycles. The zero-order valence-corrected chi connectivity index (χ0v) is 11.9. The molecule has 0 amide bonds. The standard InChI is InChI=1S/C14H24N4O/c1-11(2)19-14-10-16-9-13(17-14)18-8-4-3-5-12(18)6-7-15/h9-12H,3-8,15H2,1-2H3. The van der Waals surface area contributed by atoms with Gasteiger partial charge in [0.05, 0.1) is 18.5 Å². The van der Waals surface area contributed by atoms with Crippen LogP contribution in [-0.4, -0.2) is 35.2 Å². The van der Waals surface area contributed by atoms with E-state index in [1.807, 2.05) is 20.0 Å². The van der Waals surface area contributed by atoms with Crippen LogP contribution in [0.15, 0.2) is 12.4 Å². The normalized spacial score (nSPS) is 19.8. The van der Waals surface area contributed by atoms with Crippen LogP contribution in [-0.2, 0) is 0 Å². The lowest BCUT2D eigenvalue weighted by Gasteiger charge is -2.36. The lowest BCUT2D eigenvalue weighted by molar-refractivity contribution is 0.231. The van der Waals surface area contributed by atoms with Crippen molar-refractivity contribution < 1.29 is 4.74 Å². The summed E-state index contributed by atoms with van der Waals surface area (Å²) in [6, 6.07) is 0.488. The average Bonchev–Trinajstić information content (AvgIpc) is 2.39. The van der Waals surface area contributed by atoms with Gasteiger partial charge in [-0.2, -0.15) is 4.98 Å². The van der Waals surface area contributed by atoms with Gasteiger partial charge in [0.25, 0.3) is 0 Å². The van der Waals surface area contributed by atoms with E-state index in [4.69, 9.17) is 10.5 Å². The van der Waals surface area contributed by atoms with E-state index >= 15 is 0 Å². The summed E-state index contributed by atoms with van der Waals surface area (Å²) in [5.74, 6) is 1.51. The molecule has 1 aromatic rings. The zero-order valence-electron chi connectivity index (χ0n) is 11.9. The third-order valence-electron chi connectivity index (χ3n) is 3.38. The van der Waals surface area contributed by atoms with Crippen LogP contribution in [0.2, 0.25) is 0 Å². The molecule has 1 atom stereocenters. The van der Waals surface area contributed by atoms with Gasteiger partial charge in [-0.25, -0.2) is 0 Å². The zero-order chi connectivity index (χ0) is 13.7. The predicted molar refractivity (Wildman–Crippen MR) is 76.5 cm³/mol. The Morgan fingerprint density at radius 2 is 2.26 bits per heavy atom. The molecular weight excluding hydrogens is 240 g/mol. The van der Waals surface area contributed by atoms with Gasteiger partial charge < -0.3 is 15.4 Å². The quantitative estimate of drug-likeness (QED) is 0.881. The molecule has 1 aromatic heterocycles. The number of ether oxygens (including phenoxy) is 1. The fourth-order valence-corrected chi connectivity index (χ4v) is 2.57. The highest BCUT2D eigenvalue weighted by molar-refractivity contribution is 5.39. The molecule has 1 aliphatic rings. The van der Waals surface area contributed by atoms with E-state index in [0.29, 0.717) is 11.9 Å². The van der Waals surface area contributed by atoms with E-state index in [1.165, 1.54) is 19.3 Å². The lowest BCUT2D eigenvalue weighted by atomic mass is 9.99. The van der Waals surface area contributed by atoms with E-state index in [-0.39, 0.29) is 6.10 Å². The lowest BCUT2D eigenvalue weighted by Crippen LogP contribution is -2.41. The Hall–Kier alpha value is -1.36. The molecule has 2 rings (SSSR count). The summed E-state index contributed by atoms with van der Waals surface area (Å²) in [5, 5.41) is 0. The monoisotopic (exact) mass is 264 g/mol. The summed E-state index contributed by atoms with van der Waals surface area (Å²) in [7, 11) is 0. The maximum Gasteiger partial charge on any atom is 0.234 e. The van der Waals surface area contributed by atoms with Crippen LogP contribution in [0.1, 0.15) is 39.5 Å². The van der Waals surface area contributed by atoms with Crippen molar-refractivity contribution >= 4 is 5.82 Å². The van der Waals surface area contributed by atoms with E-state index in [9.17, 15) is 0 Å². The molecule has 5 nitrogen and oxygen atoms in total. The Morgan fingerprint density at radius 3 is 3.00 bits per heavy atom. The molecule has 0 aromatic carbocycles. The molecule has 1 fully saturated rings. The SMILES string of the molecule is CC(C)Oc1cncc(N2CCCCC2CCN)n1. The highest BCUT2D eigenvalue weighted by atomic mass is 16.5. The van der Waals surface area contributed by atoms with Crippen LogP contribution in [0.4, 0.5) is 5.82 Å². The van der Waals surface area contributed by atoms with Gasteiger partial charge in [-0.05, 0) is 46.1 Å². The highest BCUT2D eigenvalue weighted by Crippen LogP contribution is 2.25. The van der Waals surface area contributed by atoms with Crippen molar-refractivity contribution in [3.63, 3.8) is 0 Å². The molecule has 0 radical (unpaired) electrons. The molecule has 5 heteroatoms. The minimum atomic E-state index is 0.116. The summed E-state index contributed by atoms with van der Waals surface area (Å²) in [6.45, 7) is 5.74. The largest absolute Gasteiger partial charge is 0.474 e. The number of aromatic nitrogens is 2. The molecule has 1 saturated heterocycles. The van der Waals surface area contributed by atoms with Crippen LogP contribution >= 0.6 is 0 Å². The van der Waals surface area contributed by atoms with E-state index < -0.39 is 0 Å². The summed E-state index contributed by atoms with van der Waals surface area (Å²) in [5.41, 5.74) is 5.71. The van der Waals surface area contributed by atoms with E-state index in [1.54, 1.807) is 6.20 Å². The number of nitrogens with two attached hydrogens (primary N) is 1. The topological polar surface area (TPSA) is 64.3 Å². The minimum Gasteiger partial charge on any atom is -0.474 e. The summed E-state index contributed by atoms with van der Waals surface area (Å²) < 4.78 is 5.62. The van der Waals surface area contributed by atoms with E-state index in [2.05, 4.69) is 14.9 Å². The minimum absolute atomic E-state index is 0.116. The number of anilines is 1. The van der Waals surface area contributed by atoms with Gasteiger partial charge in [0, 0.05) is 12.6 Å². The van der Waals surface area contributed by atoms with Crippen LogP contribution in [0, 0.1) is 0 Å². The smallest absolute Gasteiger partial charge is 0.234 e. The van der Waals surface area contributed by atoms with Gasteiger partial charge in [-0.3, -0.25) is 4.98 Å². The first-order valence-electron chi connectivity index (χ1n) is 7.16. The molecular formula is C14H24N4O. The molecule has 1 unspecified atom stereocenters. The molecule has 106 valence electrons. The third-order valence-corrected chi connectivity index (χ3v) is 3.38. The molecule has 19 heavy (non-hydrogen) atoms. The van der Waals surface area contributed by atoms with Gasteiger partial charge in [0.2, 0.25) is 5.88 Å². The van der Waals surface area contributed by atoms with Gasteiger partial charge >= 0.3 is 0 Å². The summed E-state index contributed by atoms with van der Waals surface area (Å²) in [6.07, 6.45) is 8.29. The maximum absolute atomic E-state index is 5.71. The van der Waals surface area contributed by atoms with Crippen molar-refractivity contribution in [2.75, 3.05) is 18.0 Å². The second-order valence-electron chi connectivity index (χ2n) is 5.30. The average molecular weight is 264 g/mol. The van der Waals surface area contributed by atoms with E-state index in [0.717, 1.165) is 25.3 Å². The summed E-state index contributed by atoms with van der Waals surface area (Å²) in [4.78, 5) is 11.1. The second kappa shape index (κ2) is 6.70. The first-order chi connectivity index (χ1) is 9.20. The molecule has 2 N–H and O–H groups in total. The first kappa shape index (κ1) is 14.1. The second-order valence-corrected chi connectivity index (χ2v) is 5.30. The van der Waals surface area contributed by atoms with Crippen LogP contribution < -0.4 is 15.4 Å². The molecule has 2 heterocycles. The number of piperidine rings is 1. The Kier molecular flexibility index (Phi) is 4.96. The number of rotatable bonds is 5. The van der Waals surface area contributed by atoms with Gasteiger partial charge in [-0.1, -0.05) is 0 Å². The number of hydrogen-bond acceptors (Lipinski definition) is 5. The first-order valence-corrected chi connectivity index (χ1v) is 7.16. The third kappa shape index (κ3) is 3.80. The molecule has 1 aliphatic heterocycles. The molecule has 0 spiro atoms. The molecule has 0 bridgehead atoms. The van der Waals surface area contributed by atoms with Gasteiger partial charge in [-0.15, -0.1) is 0 Å². The fraction of sp³-hybridized carbons (Fsp3) is 0.714. The number of nitrogens with zero attached hydrogens (tertiary/aromatic N) is 3. The number of hydrogen-bond donors (Lipinski definition) is 1. The highest BCUT2D eigenvalue weighted by Gasteiger charge is 2.23. The Labute approximate surface area is 115 Å². The van der Waals surface area contributed by atoms with Crippen LogP contribution in [0.3, 0.4) is 0 Å². The van der Waals surface area contributed by atoms with Crippen molar-refractivity contribution in [3.05, 3.63) is 12.4 Å². The van der Waals surface area contributed by atoms with Crippen LogP contribution in [0.25, 0.3) is 0 Å². The predicted octanol–water partition coefficient (Wildman–Crippen LogP) is 1.97. The Morgan fingerprint density at radius 1 is 1.42 bits per heavy atom. The van der Waals surface area contributed by atoms with Gasteiger partial charge in [0.15, 0.2) is 5.82 Å². The van der Waals surface area contributed by atoms with Crippen molar-refractivity contribution in [2.45, 2.75) is 51.7 Å². The summed E-state index contributed by atoms with van der Waals surface area (Å²) >= 11 is 0. The van der Waals surface area contributed by atoms with Gasteiger partial charge in [0.1, 0.15) is 0 Å². The fourth-order valence-electron chi connectivity index (χ4n) is 2.57.